The van der Waals surface area contributed by atoms with Crippen molar-refractivity contribution in [1.82, 2.24) is 25.4 Å². The van der Waals surface area contributed by atoms with E-state index in [4.69, 9.17) is 13.9 Å². The Labute approximate surface area is 128 Å². The van der Waals surface area contributed by atoms with Crippen molar-refractivity contribution < 1.29 is 13.9 Å². The molecule has 0 aliphatic carbocycles. The molecular weight excluding hydrogens is 286 g/mol. The van der Waals surface area contributed by atoms with Crippen LogP contribution in [0.15, 0.2) is 9.15 Å². The Morgan fingerprint density at radius 3 is 3.00 bits per heavy atom. The zero-order chi connectivity index (χ0) is 15.4. The SMILES string of the molecule is COCCc1noc([C@H]2CCCN(Cc3nonc3C)C2)n1. The van der Waals surface area contributed by atoms with Gasteiger partial charge in [-0.25, -0.2) is 4.63 Å². The fourth-order valence-corrected chi connectivity index (χ4v) is 2.73. The summed E-state index contributed by atoms with van der Waals surface area (Å²) < 4.78 is 15.2. The largest absolute Gasteiger partial charge is 0.384 e. The molecule has 8 nitrogen and oxygen atoms in total. The van der Waals surface area contributed by atoms with Gasteiger partial charge in [-0.1, -0.05) is 15.5 Å². The molecule has 22 heavy (non-hydrogen) atoms. The lowest BCUT2D eigenvalue weighted by atomic mass is 9.98. The average molecular weight is 307 g/mol. The van der Waals surface area contributed by atoms with Crippen LogP contribution >= 0.6 is 0 Å². The third kappa shape index (κ3) is 3.50. The van der Waals surface area contributed by atoms with Gasteiger partial charge in [0, 0.05) is 26.6 Å². The maximum absolute atomic E-state index is 5.42. The van der Waals surface area contributed by atoms with Gasteiger partial charge in [0.15, 0.2) is 5.82 Å². The molecule has 0 bridgehead atoms. The quantitative estimate of drug-likeness (QED) is 0.789. The molecule has 0 N–H and O–H groups in total. The van der Waals surface area contributed by atoms with E-state index in [1.807, 2.05) is 6.92 Å². The van der Waals surface area contributed by atoms with Gasteiger partial charge in [0.2, 0.25) is 5.89 Å². The molecule has 1 fully saturated rings. The van der Waals surface area contributed by atoms with Gasteiger partial charge in [-0.05, 0) is 26.3 Å². The molecule has 1 saturated heterocycles. The van der Waals surface area contributed by atoms with Gasteiger partial charge < -0.3 is 9.26 Å². The number of likely N-dealkylation sites (tertiary alicyclic amines) is 1. The number of nitrogens with zero attached hydrogens (tertiary/aromatic N) is 5. The van der Waals surface area contributed by atoms with Crippen LogP contribution in [0.3, 0.4) is 0 Å². The second kappa shape index (κ2) is 6.97. The molecule has 0 spiro atoms. The highest BCUT2D eigenvalue weighted by atomic mass is 16.6. The minimum Gasteiger partial charge on any atom is -0.384 e. The van der Waals surface area contributed by atoms with Crippen molar-refractivity contribution in [3.8, 4) is 0 Å². The van der Waals surface area contributed by atoms with E-state index in [2.05, 4.69) is 25.4 Å². The van der Waals surface area contributed by atoms with E-state index in [9.17, 15) is 0 Å². The minimum absolute atomic E-state index is 0.276. The average Bonchev–Trinajstić information content (AvgIpc) is 3.15. The van der Waals surface area contributed by atoms with Crippen LogP contribution in [0.1, 0.15) is 41.9 Å². The molecule has 0 amide bonds. The lowest BCUT2D eigenvalue weighted by molar-refractivity contribution is 0.175. The number of aromatic nitrogens is 4. The number of hydrogen-bond acceptors (Lipinski definition) is 8. The molecule has 2 aromatic heterocycles. The summed E-state index contributed by atoms with van der Waals surface area (Å²) in [6.07, 6.45) is 2.85. The highest BCUT2D eigenvalue weighted by Gasteiger charge is 2.26. The molecule has 0 aromatic carbocycles. The normalized spacial score (nSPS) is 19.6. The van der Waals surface area contributed by atoms with Crippen molar-refractivity contribution >= 4 is 0 Å². The van der Waals surface area contributed by atoms with Gasteiger partial charge in [-0.2, -0.15) is 4.98 Å². The Morgan fingerprint density at radius 2 is 2.23 bits per heavy atom. The maximum Gasteiger partial charge on any atom is 0.231 e. The molecule has 1 atom stereocenters. The van der Waals surface area contributed by atoms with E-state index in [0.29, 0.717) is 18.9 Å². The summed E-state index contributed by atoms with van der Waals surface area (Å²) in [5.41, 5.74) is 1.74. The van der Waals surface area contributed by atoms with Crippen LogP contribution in [0.2, 0.25) is 0 Å². The van der Waals surface area contributed by atoms with Gasteiger partial charge in [-0.3, -0.25) is 4.90 Å². The summed E-state index contributed by atoms with van der Waals surface area (Å²) in [6.45, 7) is 5.18. The van der Waals surface area contributed by atoms with Crippen LogP contribution in [-0.2, 0) is 17.7 Å². The third-order valence-electron chi connectivity index (χ3n) is 3.99. The molecule has 0 saturated carbocycles. The summed E-state index contributed by atoms with van der Waals surface area (Å²) in [4.78, 5) is 6.82. The third-order valence-corrected chi connectivity index (χ3v) is 3.99. The van der Waals surface area contributed by atoms with Crippen molar-refractivity contribution in [3.05, 3.63) is 23.1 Å². The Bertz CT molecular complexity index is 597. The number of piperidine rings is 1. The molecule has 1 aliphatic rings. The van der Waals surface area contributed by atoms with E-state index >= 15 is 0 Å². The van der Waals surface area contributed by atoms with Gasteiger partial charge in [-0.15, -0.1) is 0 Å². The molecule has 0 unspecified atom stereocenters. The van der Waals surface area contributed by atoms with Crippen LogP contribution < -0.4 is 0 Å². The van der Waals surface area contributed by atoms with Crippen LogP contribution in [0.5, 0.6) is 0 Å². The first-order valence-electron chi connectivity index (χ1n) is 7.58. The van der Waals surface area contributed by atoms with Gasteiger partial charge >= 0.3 is 0 Å². The molecule has 8 heteroatoms. The molecule has 1 aliphatic heterocycles. The lowest BCUT2D eigenvalue weighted by Gasteiger charge is -2.30. The summed E-state index contributed by atoms with van der Waals surface area (Å²) in [7, 11) is 1.67. The lowest BCUT2D eigenvalue weighted by Crippen LogP contribution is -2.34. The van der Waals surface area contributed by atoms with Crippen molar-refractivity contribution in [1.29, 1.82) is 0 Å². The van der Waals surface area contributed by atoms with Crippen molar-refractivity contribution in [2.75, 3.05) is 26.8 Å². The number of aryl methyl sites for hydroxylation is 1. The summed E-state index contributed by atoms with van der Waals surface area (Å²) in [6, 6.07) is 0. The summed E-state index contributed by atoms with van der Waals surface area (Å²) in [5.74, 6) is 1.72. The predicted molar refractivity (Wildman–Crippen MR) is 76.2 cm³/mol. The van der Waals surface area contributed by atoms with E-state index in [1.54, 1.807) is 7.11 Å². The Morgan fingerprint density at radius 1 is 1.32 bits per heavy atom. The Balaban J connectivity index is 1.60. The number of methoxy groups -OCH3 is 1. The second-order valence-corrected chi connectivity index (χ2v) is 5.66. The number of rotatable bonds is 6. The molecular formula is C14H21N5O3. The summed E-state index contributed by atoms with van der Waals surface area (Å²) in [5, 5.41) is 11.8. The van der Waals surface area contributed by atoms with Crippen molar-refractivity contribution in [2.45, 2.75) is 38.6 Å². The predicted octanol–water partition coefficient (Wildman–Crippen LogP) is 1.33. The minimum atomic E-state index is 0.276. The smallest absolute Gasteiger partial charge is 0.231 e. The van der Waals surface area contributed by atoms with Crippen molar-refractivity contribution in [3.63, 3.8) is 0 Å². The van der Waals surface area contributed by atoms with E-state index in [-0.39, 0.29) is 5.92 Å². The zero-order valence-electron chi connectivity index (χ0n) is 13.0. The van der Waals surface area contributed by atoms with Gasteiger partial charge in [0.1, 0.15) is 11.4 Å². The molecule has 0 radical (unpaired) electrons. The summed E-state index contributed by atoms with van der Waals surface area (Å²) >= 11 is 0. The first-order chi connectivity index (χ1) is 10.8. The fourth-order valence-electron chi connectivity index (χ4n) is 2.73. The van der Waals surface area contributed by atoms with Gasteiger partial charge in [0.25, 0.3) is 0 Å². The standard InChI is InChI=1S/C14H21N5O3/c1-10-12(17-22-16-10)9-19-6-3-4-11(8-19)14-15-13(18-21-14)5-7-20-2/h11H,3-9H2,1-2H3/t11-/m0/s1. The number of hydrogen-bond donors (Lipinski definition) is 0. The number of ether oxygens (including phenoxy) is 1. The topological polar surface area (TPSA) is 90.3 Å². The van der Waals surface area contributed by atoms with Crippen molar-refractivity contribution in [2.24, 2.45) is 0 Å². The fraction of sp³-hybridized carbons (Fsp3) is 0.714. The van der Waals surface area contributed by atoms with E-state index in [1.165, 1.54) is 0 Å². The first kappa shape index (κ1) is 15.1. The molecule has 3 rings (SSSR count). The molecule has 120 valence electrons. The van der Waals surface area contributed by atoms with Crippen LogP contribution in [0.25, 0.3) is 0 Å². The zero-order valence-corrected chi connectivity index (χ0v) is 13.0. The van der Waals surface area contributed by atoms with E-state index < -0.39 is 0 Å². The Hall–Kier alpha value is -1.80. The highest BCUT2D eigenvalue weighted by Crippen LogP contribution is 2.26. The highest BCUT2D eigenvalue weighted by molar-refractivity contribution is 5.05. The van der Waals surface area contributed by atoms with E-state index in [0.717, 1.165) is 49.8 Å². The van der Waals surface area contributed by atoms with Crippen LogP contribution in [-0.4, -0.2) is 52.2 Å². The maximum atomic E-state index is 5.42. The monoisotopic (exact) mass is 307 g/mol. The second-order valence-electron chi connectivity index (χ2n) is 5.66. The molecule has 2 aromatic rings. The molecule has 3 heterocycles. The van der Waals surface area contributed by atoms with Crippen LogP contribution in [0.4, 0.5) is 0 Å². The first-order valence-corrected chi connectivity index (χ1v) is 7.58. The van der Waals surface area contributed by atoms with Crippen LogP contribution in [0, 0.1) is 6.92 Å². The Kier molecular flexibility index (Phi) is 4.79. The van der Waals surface area contributed by atoms with Gasteiger partial charge in [0.05, 0.1) is 12.5 Å².